The molecule has 0 heterocycles. The standard InChI is InChI=1S/C17H27NO2/c1-13(2)12-15-7-9-16(10-8-15)14(3)18(4)11-5-6-17(19)20/h7-10,13-14H,5-6,11-12H2,1-4H3,(H,19,20). The Morgan fingerprint density at radius 3 is 2.30 bits per heavy atom. The average Bonchev–Trinajstić information content (AvgIpc) is 2.37. The van der Waals surface area contributed by atoms with Gasteiger partial charge in [-0.05, 0) is 50.4 Å². The van der Waals surface area contributed by atoms with Crippen LogP contribution < -0.4 is 0 Å². The van der Waals surface area contributed by atoms with Gasteiger partial charge in [0.1, 0.15) is 0 Å². The number of carboxylic acids is 1. The van der Waals surface area contributed by atoms with Crippen LogP contribution in [0.25, 0.3) is 0 Å². The number of aliphatic carboxylic acids is 1. The summed E-state index contributed by atoms with van der Waals surface area (Å²) in [7, 11) is 2.05. The van der Waals surface area contributed by atoms with E-state index in [1.165, 1.54) is 11.1 Å². The lowest BCUT2D eigenvalue weighted by molar-refractivity contribution is -0.137. The van der Waals surface area contributed by atoms with Gasteiger partial charge in [-0.3, -0.25) is 9.69 Å². The molecule has 1 atom stereocenters. The van der Waals surface area contributed by atoms with Crippen molar-refractivity contribution in [1.82, 2.24) is 4.90 Å². The molecule has 0 bridgehead atoms. The highest BCUT2D eigenvalue weighted by atomic mass is 16.4. The van der Waals surface area contributed by atoms with E-state index in [-0.39, 0.29) is 6.42 Å². The van der Waals surface area contributed by atoms with Crippen molar-refractivity contribution in [2.75, 3.05) is 13.6 Å². The molecule has 1 N–H and O–H groups in total. The fourth-order valence-corrected chi connectivity index (χ4v) is 2.33. The van der Waals surface area contributed by atoms with E-state index in [0.717, 1.165) is 13.0 Å². The summed E-state index contributed by atoms with van der Waals surface area (Å²) in [6.45, 7) is 7.43. The molecular formula is C17H27NO2. The fraction of sp³-hybridized carbons (Fsp3) is 0.588. The van der Waals surface area contributed by atoms with Gasteiger partial charge in [-0.1, -0.05) is 38.1 Å². The van der Waals surface area contributed by atoms with Crippen LogP contribution in [-0.4, -0.2) is 29.6 Å². The lowest BCUT2D eigenvalue weighted by Crippen LogP contribution is -2.24. The van der Waals surface area contributed by atoms with Crippen LogP contribution in [0.3, 0.4) is 0 Å². The summed E-state index contributed by atoms with van der Waals surface area (Å²) in [5.41, 5.74) is 2.67. The second-order valence-electron chi connectivity index (χ2n) is 5.99. The summed E-state index contributed by atoms with van der Waals surface area (Å²) in [6.07, 6.45) is 2.05. The summed E-state index contributed by atoms with van der Waals surface area (Å²) in [5.74, 6) is -0.0407. The number of benzene rings is 1. The number of nitrogens with zero attached hydrogens (tertiary/aromatic N) is 1. The second kappa shape index (κ2) is 8.05. The summed E-state index contributed by atoms with van der Waals surface area (Å²) in [6, 6.07) is 9.11. The quantitative estimate of drug-likeness (QED) is 0.787. The molecular weight excluding hydrogens is 250 g/mol. The Bertz CT molecular complexity index is 412. The first kappa shape index (κ1) is 16.7. The van der Waals surface area contributed by atoms with Gasteiger partial charge in [0, 0.05) is 12.5 Å². The molecule has 0 fully saturated rings. The smallest absolute Gasteiger partial charge is 0.303 e. The van der Waals surface area contributed by atoms with Gasteiger partial charge >= 0.3 is 5.97 Å². The number of hydrogen-bond acceptors (Lipinski definition) is 2. The summed E-state index contributed by atoms with van der Waals surface area (Å²) < 4.78 is 0. The molecule has 3 nitrogen and oxygen atoms in total. The highest BCUT2D eigenvalue weighted by molar-refractivity contribution is 5.66. The number of hydrogen-bond donors (Lipinski definition) is 1. The van der Waals surface area contributed by atoms with E-state index in [2.05, 4.69) is 57.0 Å². The van der Waals surface area contributed by atoms with Crippen LogP contribution in [0.5, 0.6) is 0 Å². The molecule has 1 aromatic rings. The molecule has 20 heavy (non-hydrogen) atoms. The third-order valence-electron chi connectivity index (χ3n) is 3.67. The molecule has 0 aromatic heterocycles. The molecule has 0 saturated carbocycles. The van der Waals surface area contributed by atoms with Crippen molar-refractivity contribution >= 4 is 5.97 Å². The number of carboxylic acid groups (broad SMARTS) is 1. The van der Waals surface area contributed by atoms with Crippen molar-refractivity contribution in [3.8, 4) is 0 Å². The van der Waals surface area contributed by atoms with Gasteiger partial charge in [-0.15, -0.1) is 0 Å². The third-order valence-corrected chi connectivity index (χ3v) is 3.67. The van der Waals surface area contributed by atoms with Crippen LogP contribution in [0.15, 0.2) is 24.3 Å². The van der Waals surface area contributed by atoms with Crippen molar-refractivity contribution in [2.24, 2.45) is 5.92 Å². The van der Waals surface area contributed by atoms with Gasteiger partial charge in [-0.2, -0.15) is 0 Å². The van der Waals surface area contributed by atoms with E-state index in [1.54, 1.807) is 0 Å². The summed E-state index contributed by atoms with van der Waals surface area (Å²) >= 11 is 0. The minimum Gasteiger partial charge on any atom is -0.481 e. The highest BCUT2D eigenvalue weighted by Crippen LogP contribution is 2.20. The summed E-state index contributed by atoms with van der Waals surface area (Å²) in [5, 5.41) is 8.67. The molecule has 0 aliphatic rings. The SMILES string of the molecule is CC(C)Cc1ccc(C(C)N(C)CCCC(=O)O)cc1. The van der Waals surface area contributed by atoms with E-state index in [4.69, 9.17) is 5.11 Å². The Labute approximate surface area is 122 Å². The first-order valence-corrected chi connectivity index (χ1v) is 7.41. The summed E-state index contributed by atoms with van der Waals surface area (Å²) in [4.78, 5) is 12.7. The van der Waals surface area contributed by atoms with Crippen molar-refractivity contribution < 1.29 is 9.90 Å². The van der Waals surface area contributed by atoms with Gasteiger partial charge in [0.05, 0.1) is 0 Å². The molecule has 0 aliphatic heterocycles. The molecule has 0 spiro atoms. The molecule has 1 aromatic carbocycles. The van der Waals surface area contributed by atoms with Crippen molar-refractivity contribution in [1.29, 1.82) is 0 Å². The lowest BCUT2D eigenvalue weighted by atomic mass is 9.99. The zero-order chi connectivity index (χ0) is 15.1. The molecule has 1 unspecified atom stereocenters. The Hall–Kier alpha value is -1.35. The zero-order valence-electron chi connectivity index (χ0n) is 13.1. The fourth-order valence-electron chi connectivity index (χ4n) is 2.33. The van der Waals surface area contributed by atoms with Crippen molar-refractivity contribution in [3.05, 3.63) is 35.4 Å². The van der Waals surface area contributed by atoms with Crippen LogP contribution in [0.1, 0.15) is 50.8 Å². The molecule has 3 heteroatoms. The van der Waals surface area contributed by atoms with Crippen LogP contribution in [0.4, 0.5) is 0 Å². The minimum atomic E-state index is -0.718. The molecule has 0 saturated heterocycles. The lowest BCUT2D eigenvalue weighted by Gasteiger charge is -2.25. The Morgan fingerprint density at radius 2 is 1.80 bits per heavy atom. The van der Waals surface area contributed by atoms with Crippen LogP contribution in [0, 0.1) is 5.92 Å². The van der Waals surface area contributed by atoms with Crippen LogP contribution in [-0.2, 0) is 11.2 Å². The Balaban J connectivity index is 2.53. The maximum atomic E-state index is 10.5. The van der Waals surface area contributed by atoms with E-state index in [1.807, 2.05) is 0 Å². The largest absolute Gasteiger partial charge is 0.481 e. The molecule has 112 valence electrons. The molecule has 0 aliphatic carbocycles. The van der Waals surface area contributed by atoms with Gasteiger partial charge in [0.2, 0.25) is 0 Å². The molecule has 0 amide bonds. The molecule has 1 rings (SSSR count). The second-order valence-corrected chi connectivity index (χ2v) is 5.99. The maximum absolute atomic E-state index is 10.5. The van der Waals surface area contributed by atoms with Gasteiger partial charge in [0.25, 0.3) is 0 Å². The number of rotatable bonds is 8. The first-order chi connectivity index (χ1) is 9.40. The zero-order valence-corrected chi connectivity index (χ0v) is 13.1. The van der Waals surface area contributed by atoms with E-state index in [9.17, 15) is 4.79 Å². The van der Waals surface area contributed by atoms with E-state index >= 15 is 0 Å². The van der Waals surface area contributed by atoms with Gasteiger partial charge < -0.3 is 5.11 Å². The van der Waals surface area contributed by atoms with Crippen LogP contribution in [0.2, 0.25) is 0 Å². The van der Waals surface area contributed by atoms with E-state index < -0.39 is 5.97 Å². The topological polar surface area (TPSA) is 40.5 Å². The van der Waals surface area contributed by atoms with Crippen molar-refractivity contribution in [2.45, 2.75) is 46.1 Å². The molecule has 0 radical (unpaired) electrons. The monoisotopic (exact) mass is 277 g/mol. The van der Waals surface area contributed by atoms with Crippen LogP contribution >= 0.6 is 0 Å². The van der Waals surface area contributed by atoms with Crippen molar-refractivity contribution in [3.63, 3.8) is 0 Å². The van der Waals surface area contributed by atoms with Gasteiger partial charge in [-0.25, -0.2) is 0 Å². The third kappa shape index (κ3) is 5.74. The minimum absolute atomic E-state index is 0.240. The average molecular weight is 277 g/mol. The van der Waals surface area contributed by atoms with Gasteiger partial charge in [0.15, 0.2) is 0 Å². The van der Waals surface area contributed by atoms with E-state index in [0.29, 0.717) is 18.4 Å². The predicted octanol–water partition coefficient (Wildman–Crippen LogP) is 3.74. The Kier molecular flexibility index (Phi) is 6.73. The highest BCUT2D eigenvalue weighted by Gasteiger charge is 2.12. The predicted molar refractivity (Wildman–Crippen MR) is 82.9 cm³/mol. The maximum Gasteiger partial charge on any atom is 0.303 e. The number of carbonyl (C=O) groups is 1. The Morgan fingerprint density at radius 1 is 1.20 bits per heavy atom. The normalized spacial score (nSPS) is 12.9. The first-order valence-electron chi connectivity index (χ1n) is 7.41.